The van der Waals surface area contributed by atoms with Gasteiger partial charge in [-0.3, -0.25) is 0 Å². The van der Waals surface area contributed by atoms with Crippen LogP contribution in [-0.4, -0.2) is 13.1 Å². The van der Waals surface area contributed by atoms with Crippen LogP contribution in [0.2, 0.25) is 0 Å². The van der Waals surface area contributed by atoms with Crippen molar-refractivity contribution in [3.63, 3.8) is 0 Å². The second kappa shape index (κ2) is 4.91. The molecule has 0 heterocycles. The van der Waals surface area contributed by atoms with Crippen molar-refractivity contribution in [1.29, 1.82) is 0 Å². The van der Waals surface area contributed by atoms with Crippen LogP contribution in [0.25, 0.3) is 6.08 Å². The Kier molecular flexibility index (Phi) is 3.84. The Morgan fingerprint density at radius 1 is 1.43 bits per heavy atom. The quantitative estimate of drug-likeness (QED) is 0.778. The van der Waals surface area contributed by atoms with Gasteiger partial charge in [-0.1, -0.05) is 24.3 Å². The lowest BCUT2D eigenvalue weighted by molar-refractivity contribution is 0.618. The van der Waals surface area contributed by atoms with Crippen LogP contribution in [0.4, 0.5) is 4.39 Å². The molecule has 0 saturated heterocycles. The Labute approximate surface area is 84.6 Å². The summed E-state index contributed by atoms with van der Waals surface area (Å²) in [6.45, 7) is 3.81. The van der Waals surface area contributed by atoms with Crippen LogP contribution in [0, 0.1) is 12.7 Å². The zero-order chi connectivity index (χ0) is 10.6. The molecule has 0 aromatic heterocycles. The van der Waals surface area contributed by atoms with Crippen LogP contribution in [0.3, 0.4) is 0 Å². The summed E-state index contributed by atoms with van der Waals surface area (Å²) in [4.78, 5) is 0. The average molecular weight is 193 g/mol. The number of benzene rings is 1. The predicted octanol–water partition coefficient (Wildman–Crippen LogP) is 2.76. The third-order valence-corrected chi connectivity index (χ3v) is 2.23. The van der Waals surface area contributed by atoms with E-state index in [-0.39, 0.29) is 5.82 Å². The lowest BCUT2D eigenvalue weighted by atomic mass is 10.1. The second-order valence-corrected chi connectivity index (χ2v) is 3.45. The van der Waals surface area contributed by atoms with E-state index in [1.54, 1.807) is 19.1 Å². The van der Waals surface area contributed by atoms with Crippen molar-refractivity contribution in [1.82, 2.24) is 5.32 Å². The van der Waals surface area contributed by atoms with E-state index in [4.69, 9.17) is 0 Å². The molecule has 0 saturated carbocycles. The Hall–Kier alpha value is -1.15. The molecule has 0 aliphatic heterocycles. The van der Waals surface area contributed by atoms with Gasteiger partial charge >= 0.3 is 0 Å². The molecule has 1 aromatic rings. The maximum Gasteiger partial charge on any atom is 0.126 e. The minimum absolute atomic E-state index is 0.149. The summed E-state index contributed by atoms with van der Waals surface area (Å²) in [6, 6.07) is 5.56. The average Bonchev–Trinajstić information content (AvgIpc) is 2.19. The van der Waals surface area contributed by atoms with Crippen molar-refractivity contribution in [2.24, 2.45) is 0 Å². The van der Waals surface area contributed by atoms with E-state index in [0.29, 0.717) is 11.6 Å². The molecular formula is C12H16FN. The lowest BCUT2D eigenvalue weighted by Gasteiger charge is -2.02. The molecule has 1 unspecified atom stereocenters. The SMILES string of the molecule is CNC(C)/C=C/c1ccc(C)c(F)c1. The van der Waals surface area contributed by atoms with Gasteiger partial charge in [-0.2, -0.15) is 0 Å². The smallest absolute Gasteiger partial charge is 0.126 e. The van der Waals surface area contributed by atoms with Gasteiger partial charge < -0.3 is 5.32 Å². The van der Waals surface area contributed by atoms with Gasteiger partial charge in [0.25, 0.3) is 0 Å². The molecular weight excluding hydrogens is 177 g/mol. The molecule has 1 N–H and O–H groups in total. The van der Waals surface area contributed by atoms with E-state index in [9.17, 15) is 4.39 Å². The third-order valence-electron chi connectivity index (χ3n) is 2.23. The minimum Gasteiger partial charge on any atom is -0.314 e. The number of rotatable bonds is 3. The first-order valence-electron chi connectivity index (χ1n) is 4.75. The van der Waals surface area contributed by atoms with Gasteiger partial charge in [-0.25, -0.2) is 4.39 Å². The maximum absolute atomic E-state index is 13.1. The van der Waals surface area contributed by atoms with Gasteiger partial charge in [0.2, 0.25) is 0 Å². The van der Waals surface area contributed by atoms with Crippen LogP contribution < -0.4 is 5.32 Å². The van der Waals surface area contributed by atoms with Crippen molar-refractivity contribution >= 4 is 6.08 Å². The van der Waals surface area contributed by atoms with Gasteiger partial charge in [0.15, 0.2) is 0 Å². The summed E-state index contributed by atoms with van der Waals surface area (Å²) in [5.74, 6) is -0.149. The fourth-order valence-electron chi connectivity index (χ4n) is 1.06. The van der Waals surface area contributed by atoms with Gasteiger partial charge in [0.05, 0.1) is 0 Å². The molecule has 0 amide bonds. The summed E-state index contributed by atoms with van der Waals surface area (Å²) in [5.41, 5.74) is 1.58. The van der Waals surface area contributed by atoms with Crippen LogP contribution in [0.5, 0.6) is 0 Å². The summed E-state index contributed by atoms with van der Waals surface area (Å²) in [5, 5.41) is 3.08. The topological polar surface area (TPSA) is 12.0 Å². The lowest BCUT2D eigenvalue weighted by Crippen LogP contribution is -2.17. The van der Waals surface area contributed by atoms with E-state index in [0.717, 1.165) is 5.56 Å². The highest BCUT2D eigenvalue weighted by Gasteiger charge is 1.96. The highest BCUT2D eigenvalue weighted by molar-refractivity contribution is 5.50. The molecule has 0 bridgehead atoms. The number of aryl methyl sites for hydroxylation is 1. The molecule has 1 aromatic carbocycles. The normalized spacial score (nSPS) is 13.4. The van der Waals surface area contributed by atoms with Crippen molar-refractivity contribution in [2.75, 3.05) is 7.05 Å². The first-order valence-corrected chi connectivity index (χ1v) is 4.75. The van der Waals surface area contributed by atoms with E-state index < -0.39 is 0 Å². The summed E-state index contributed by atoms with van der Waals surface area (Å²) < 4.78 is 13.1. The van der Waals surface area contributed by atoms with Crippen LogP contribution in [-0.2, 0) is 0 Å². The van der Waals surface area contributed by atoms with Crippen molar-refractivity contribution < 1.29 is 4.39 Å². The van der Waals surface area contributed by atoms with Crippen molar-refractivity contribution in [3.05, 3.63) is 41.2 Å². The number of nitrogens with one attached hydrogen (secondary N) is 1. The summed E-state index contributed by atoms with van der Waals surface area (Å²) >= 11 is 0. The fourth-order valence-corrected chi connectivity index (χ4v) is 1.06. The first-order chi connectivity index (χ1) is 6.63. The van der Waals surface area contributed by atoms with Gasteiger partial charge in [-0.05, 0) is 38.1 Å². The van der Waals surface area contributed by atoms with E-state index in [1.807, 2.05) is 32.2 Å². The van der Waals surface area contributed by atoms with Gasteiger partial charge in [-0.15, -0.1) is 0 Å². The molecule has 76 valence electrons. The van der Waals surface area contributed by atoms with Crippen molar-refractivity contribution in [2.45, 2.75) is 19.9 Å². The molecule has 0 aliphatic carbocycles. The molecule has 14 heavy (non-hydrogen) atoms. The van der Waals surface area contributed by atoms with Crippen LogP contribution in [0.1, 0.15) is 18.1 Å². The van der Waals surface area contributed by atoms with E-state index >= 15 is 0 Å². The molecule has 0 radical (unpaired) electrons. The molecule has 0 aliphatic rings. The molecule has 0 fully saturated rings. The largest absolute Gasteiger partial charge is 0.314 e. The Balaban J connectivity index is 2.77. The Morgan fingerprint density at radius 3 is 2.71 bits per heavy atom. The molecule has 0 spiro atoms. The number of hydrogen-bond acceptors (Lipinski definition) is 1. The zero-order valence-electron chi connectivity index (χ0n) is 8.84. The van der Waals surface area contributed by atoms with E-state index in [2.05, 4.69) is 5.32 Å². The molecule has 1 atom stereocenters. The van der Waals surface area contributed by atoms with Gasteiger partial charge in [0, 0.05) is 6.04 Å². The zero-order valence-corrected chi connectivity index (χ0v) is 8.84. The maximum atomic E-state index is 13.1. The van der Waals surface area contributed by atoms with Crippen molar-refractivity contribution in [3.8, 4) is 0 Å². The van der Waals surface area contributed by atoms with E-state index in [1.165, 1.54) is 0 Å². The summed E-state index contributed by atoms with van der Waals surface area (Å²) in [6.07, 6.45) is 3.92. The number of hydrogen-bond donors (Lipinski definition) is 1. The molecule has 2 heteroatoms. The Bertz CT molecular complexity index is 331. The highest BCUT2D eigenvalue weighted by atomic mass is 19.1. The number of halogens is 1. The first kappa shape index (κ1) is 10.9. The van der Waals surface area contributed by atoms with Gasteiger partial charge in [0.1, 0.15) is 5.82 Å². The van der Waals surface area contributed by atoms with Crippen LogP contribution in [0.15, 0.2) is 24.3 Å². The molecule has 1 nitrogen and oxygen atoms in total. The standard InChI is InChI=1S/C12H16FN/c1-9-4-6-11(8-12(9)13)7-5-10(2)14-3/h4-8,10,14H,1-3H3/b7-5+. The molecule has 1 rings (SSSR count). The predicted molar refractivity (Wildman–Crippen MR) is 58.7 cm³/mol. The third kappa shape index (κ3) is 2.96. The number of likely N-dealkylation sites (N-methyl/N-ethyl adjacent to an activating group) is 1. The van der Waals surface area contributed by atoms with Crippen LogP contribution >= 0.6 is 0 Å². The monoisotopic (exact) mass is 193 g/mol. The highest BCUT2D eigenvalue weighted by Crippen LogP contribution is 2.10. The Morgan fingerprint density at radius 2 is 2.14 bits per heavy atom. The second-order valence-electron chi connectivity index (χ2n) is 3.45. The fraction of sp³-hybridized carbons (Fsp3) is 0.333. The minimum atomic E-state index is -0.149. The summed E-state index contributed by atoms with van der Waals surface area (Å²) in [7, 11) is 1.89.